The van der Waals surface area contributed by atoms with Gasteiger partial charge in [0.25, 0.3) is 5.56 Å². The first-order chi connectivity index (χ1) is 9.97. The molecule has 2 aromatic heterocycles. The normalized spacial score (nSPS) is 11.2. The number of fused-ring (bicyclic) bond motifs is 1. The molecular formula is C13H18N4O4. The van der Waals surface area contributed by atoms with Crippen LogP contribution >= 0.6 is 0 Å². The van der Waals surface area contributed by atoms with Crippen molar-refractivity contribution in [2.24, 2.45) is 14.1 Å². The van der Waals surface area contributed by atoms with E-state index in [2.05, 4.69) is 4.98 Å². The lowest BCUT2D eigenvalue weighted by Gasteiger charge is -2.08. The number of rotatable bonds is 6. The summed E-state index contributed by atoms with van der Waals surface area (Å²) in [5, 5.41) is 8.63. The van der Waals surface area contributed by atoms with Crippen LogP contribution in [0.1, 0.15) is 19.3 Å². The van der Waals surface area contributed by atoms with Gasteiger partial charge in [-0.3, -0.25) is 18.7 Å². The highest BCUT2D eigenvalue weighted by atomic mass is 16.3. The summed E-state index contributed by atoms with van der Waals surface area (Å²) in [5.41, 5.74) is -0.0518. The summed E-state index contributed by atoms with van der Waals surface area (Å²) in [7, 11) is 3.27. The number of aliphatic hydroxyl groups excluding tert-OH is 1. The van der Waals surface area contributed by atoms with E-state index in [1.165, 1.54) is 10.9 Å². The van der Waals surface area contributed by atoms with E-state index in [9.17, 15) is 14.4 Å². The van der Waals surface area contributed by atoms with Crippen LogP contribution in [0, 0.1) is 0 Å². The maximum atomic E-state index is 12.3. The molecular weight excluding hydrogens is 276 g/mol. The van der Waals surface area contributed by atoms with Gasteiger partial charge in [-0.05, 0) is 12.8 Å². The minimum absolute atomic E-state index is 0.239. The van der Waals surface area contributed by atoms with Crippen molar-refractivity contribution in [3.8, 4) is 0 Å². The number of aryl methyl sites for hydroxylation is 2. The molecule has 0 unspecified atom stereocenters. The molecule has 21 heavy (non-hydrogen) atoms. The summed E-state index contributed by atoms with van der Waals surface area (Å²) in [4.78, 5) is 39.6. The predicted octanol–water partition coefficient (Wildman–Crippen LogP) is -0.835. The molecule has 0 saturated heterocycles. The molecule has 0 atom stereocenters. The Balaban J connectivity index is 2.28. The molecule has 0 aromatic carbocycles. The summed E-state index contributed by atoms with van der Waals surface area (Å²) in [5.74, 6) is -0.239. The molecule has 0 aliphatic carbocycles. The second kappa shape index (κ2) is 6.04. The van der Waals surface area contributed by atoms with E-state index in [0.717, 1.165) is 4.57 Å². The predicted molar refractivity (Wildman–Crippen MR) is 76.2 cm³/mol. The van der Waals surface area contributed by atoms with E-state index < -0.39 is 12.3 Å². The molecule has 0 saturated carbocycles. The highest BCUT2D eigenvalue weighted by molar-refractivity contribution is 5.79. The number of ketones is 1. The quantitative estimate of drug-likeness (QED) is 0.701. The van der Waals surface area contributed by atoms with E-state index in [1.54, 1.807) is 18.7 Å². The maximum absolute atomic E-state index is 12.3. The van der Waals surface area contributed by atoms with E-state index in [0.29, 0.717) is 24.0 Å². The first kappa shape index (κ1) is 15.2. The van der Waals surface area contributed by atoms with Gasteiger partial charge in [0.05, 0.1) is 6.33 Å². The van der Waals surface area contributed by atoms with E-state index in [1.807, 2.05) is 0 Å². The third kappa shape index (κ3) is 2.80. The van der Waals surface area contributed by atoms with Gasteiger partial charge in [-0.1, -0.05) is 0 Å². The summed E-state index contributed by atoms with van der Waals surface area (Å²) in [6, 6.07) is 0. The number of hydrogen-bond donors (Lipinski definition) is 1. The van der Waals surface area contributed by atoms with Gasteiger partial charge in [0.2, 0.25) is 0 Å². The number of aliphatic hydroxyl groups is 1. The second-order valence-electron chi connectivity index (χ2n) is 4.98. The van der Waals surface area contributed by atoms with Crippen LogP contribution < -0.4 is 11.2 Å². The lowest BCUT2D eigenvalue weighted by Crippen LogP contribution is -2.39. The van der Waals surface area contributed by atoms with E-state index >= 15 is 0 Å². The number of carbonyl (C=O) groups is 1. The molecule has 2 rings (SSSR count). The lowest BCUT2D eigenvalue weighted by molar-refractivity contribution is -0.121. The first-order valence-corrected chi connectivity index (χ1v) is 6.70. The Morgan fingerprint density at radius 3 is 2.67 bits per heavy atom. The summed E-state index contributed by atoms with van der Waals surface area (Å²) >= 11 is 0. The number of nitrogens with zero attached hydrogens (tertiary/aromatic N) is 4. The smallest absolute Gasteiger partial charge is 0.332 e. The van der Waals surface area contributed by atoms with Gasteiger partial charge in [0.15, 0.2) is 16.9 Å². The third-order valence-electron chi connectivity index (χ3n) is 3.46. The van der Waals surface area contributed by atoms with Crippen LogP contribution in [0.15, 0.2) is 15.9 Å². The largest absolute Gasteiger partial charge is 0.389 e. The molecule has 8 heteroatoms. The van der Waals surface area contributed by atoms with Crippen LogP contribution in [0.4, 0.5) is 0 Å². The van der Waals surface area contributed by atoms with Crippen molar-refractivity contribution < 1.29 is 9.90 Å². The monoisotopic (exact) mass is 294 g/mol. The van der Waals surface area contributed by atoms with Gasteiger partial charge in [-0.25, -0.2) is 9.78 Å². The Bertz CT molecular complexity index is 784. The lowest BCUT2D eigenvalue weighted by atomic mass is 10.2. The van der Waals surface area contributed by atoms with Gasteiger partial charge >= 0.3 is 5.69 Å². The highest BCUT2D eigenvalue weighted by Crippen LogP contribution is 2.04. The average molecular weight is 294 g/mol. The minimum Gasteiger partial charge on any atom is -0.389 e. The molecule has 0 spiro atoms. The van der Waals surface area contributed by atoms with Crippen LogP contribution in [-0.2, 0) is 25.4 Å². The number of unbranched alkanes of at least 4 members (excludes halogenated alkanes) is 1. The Morgan fingerprint density at radius 2 is 2.00 bits per heavy atom. The Labute approximate surface area is 120 Å². The van der Waals surface area contributed by atoms with Gasteiger partial charge in [0, 0.05) is 27.1 Å². The van der Waals surface area contributed by atoms with Crippen molar-refractivity contribution in [1.29, 1.82) is 0 Å². The molecule has 1 N–H and O–H groups in total. The topological polar surface area (TPSA) is 99.1 Å². The molecule has 0 aliphatic rings. The van der Waals surface area contributed by atoms with Crippen LogP contribution in [0.3, 0.4) is 0 Å². The van der Waals surface area contributed by atoms with Crippen LogP contribution in [0.5, 0.6) is 0 Å². The van der Waals surface area contributed by atoms with Crippen LogP contribution in [-0.4, -0.2) is 36.2 Å². The highest BCUT2D eigenvalue weighted by Gasteiger charge is 2.14. The van der Waals surface area contributed by atoms with Gasteiger partial charge in [0.1, 0.15) is 6.61 Å². The Morgan fingerprint density at radius 1 is 1.29 bits per heavy atom. The van der Waals surface area contributed by atoms with E-state index in [4.69, 9.17) is 5.11 Å². The third-order valence-corrected chi connectivity index (χ3v) is 3.46. The van der Waals surface area contributed by atoms with Crippen LogP contribution in [0.2, 0.25) is 0 Å². The van der Waals surface area contributed by atoms with Crippen molar-refractivity contribution in [3.63, 3.8) is 0 Å². The number of Topliss-reactive ketones (excluding diaryl/α,β-unsaturated/α-hetero) is 1. The van der Waals surface area contributed by atoms with Gasteiger partial charge in [-0.2, -0.15) is 0 Å². The SMILES string of the molecule is Cn1cnc2c1c(=O)n(CCCCC(=O)CO)c(=O)n2C. The molecule has 0 amide bonds. The summed E-state index contributed by atoms with van der Waals surface area (Å²) in [6.07, 6.45) is 2.79. The zero-order valence-electron chi connectivity index (χ0n) is 12.1. The molecule has 8 nitrogen and oxygen atoms in total. The molecule has 2 aromatic rings. The first-order valence-electron chi connectivity index (χ1n) is 6.70. The molecule has 114 valence electrons. The van der Waals surface area contributed by atoms with Crippen molar-refractivity contribution in [3.05, 3.63) is 27.2 Å². The molecule has 0 radical (unpaired) electrons. The number of carbonyl (C=O) groups excluding carboxylic acids is 1. The minimum atomic E-state index is -0.470. The van der Waals surface area contributed by atoms with Crippen molar-refractivity contribution in [2.45, 2.75) is 25.8 Å². The number of hydrogen-bond acceptors (Lipinski definition) is 5. The van der Waals surface area contributed by atoms with E-state index in [-0.39, 0.29) is 24.3 Å². The van der Waals surface area contributed by atoms with Gasteiger partial charge < -0.3 is 9.67 Å². The molecule has 0 fully saturated rings. The zero-order valence-corrected chi connectivity index (χ0v) is 12.1. The fourth-order valence-electron chi connectivity index (χ4n) is 2.26. The van der Waals surface area contributed by atoms with Gasteiger partial charge in [-0.15, -0.1) is 0 Å². The van der Waals surface area contributed by atoms with Crippen LogP contribution in [0.25, 0.3) is 11.2 Å². The molecule has 0 aliphatic heterocycles. The van der Waals surface area contributed by atoms with Crippen molar-refractivity contribution >= 4 is 16.9 Å². The Kier molecular flexibility index (Phi) is 4.37. The standard InChI is InChI=1S/C13H18N4O4/c1-15-8-14-11-10(15)12(20)17(13(21)16(11)2)6-4-3-5-9(19)7-18/h8,18H,3-7H2,1-2H3. The maximum Gasteiger partial charge on any atom is 0.332 e. The van der Waals surface area contributed by atoms with Crippen molar-refractivity contribution in [1.82, 2.24) is 18.7 Å². The fourth-order valence-corrected chi connectivity index (χ4v) is 2.26. The number of imidazole rings is 1. The number of aromatic nitrogens is 4. The van der Waals surface area contributed by atoms with Crippen molar-refractivity contribution in [2.75, 3.05) is 6.61 Å². The summed E-state index contributed by atoms with van der Waals surface area (Å²) in [6.45, 7) is -0.228. The zero-order chi connectivity index (χ0) is 15.6. The molecule has 0 bridgehead atoms. The fraction of sp³-hybridized carbons (Fsp3) is 0.538. The summed E-state index contributed by atoms with van der Waals surface area (Å²) < 4.78 is 4.09. The Hall–Kier alpha value is -2.22. The molecule has 2 heterocycles. The second-order valence-corrected chi connectivity index (χ2v) is 4.98. The average Bonchev–Trinajstić information content (AvgIpc) is 2.86.